The summed E-state index contributed by atoms with van der Waals surface area (Å²) in [6.45, 7) is 3.62. The molecule has 0 radical (unpaired) electrons. The molecule has 0 spiro atoms. The zero-order chi connectivity index (χ0) is 24.5. The minimum absolute atomic E-state index is 0.0571. The molecule has 8 heteroatoms. The quantitative estimate of drug-likeness (QED) is 0.464. The van der Waals surface area contributed by atoms with E-state index in [-0.39, 0.29) is 17.9 Å². The highest BCUT2D eigenvalue weighted by Crippen LogP contribution is 2.29. The van der Waals surface area contributed by atoms with Gasteiger partial charge in [0.05, 0.1) is 29.7 Å². The van der Waals surface area contributed by atoms with Crippen molar-refractivity contribution in [2.24, 2.45) is 0 Å². The van der Waals surface area contributed by atoms with Crippen LogP contribution in [0.3, 0.4) is 0 Å². The molecule has 0 saturated carbocycles. The molecule has 180 valence electrons. The first-order valence-electron chi connectivity index (χ1n) is 11.6. The number of aromatic hydroxyl groups is 1. The fourth-order valence-electron chi connectivity index (χ4n) is 4.67. The number of piperazine rings is 1. The van der Waals surface area contributed by atoms with E-state index < -0.39 is 5.69 Å². The number of anilines is 1. The molecule has 4 aromatic rings. The number of phenols is 1. The number of benzene rings is 3. The molecule has 0 amide bonds. The third-order valence-electron chi connectivity index (χ3n) is 6.55. The Labute approximate surface area is 208 Å². The Bertz CT molecular complexity index is 1490. The van der Waals surface area contributed by atoms with Crippen LogP contribution >= 0.6 is 11.6 Å². The van der Waals surface area contributed by atoms with Gasteiger partial charge in [0, 0.05) is 31.2 Å². The standard InChI is InChI=1S/C27H27ClN4O3/c1-29-10-12-30(13-11-29)23-15-21(28)16-24-25(23)26(34)32(18-20-8-5-9-22(33)14-20)27(35)31(24)17-19-6-3-2-4-7-19/h2-9,14-16,33H,10-13,17-18H2,1H3. The van der Waals surface area contributed by atoms with Crippen molar-refractivity contribution in [1.29, 1.82) is 0 Å². The van der Waals surface area contributed by atoms with Crippen LogP contribution < -0.4 is 16.1 Å². The van der Waals surface area contributed by atoms with Crippen LogP contribution in [0, 0.1) is 0 Å². The largest absolute Gasteiger partial charge is 0.508 e. The molecule has 1 N–H and O–H groups in total. The van der Waals surface area contributed by atoms with E-state index in [9.17, 15) is 14.7 Å². The molecule has 2 heterocycles. The van der Waals surface area contributed by atoms with Crippen LogP contribution in [-0.4, -0.2) is 52.4 Å². The van der Waals surface area contributed by atoms with E-state index in [1.807, 2.05) is 36.4 Å². The van der Waals surface area contributed by atoms with Gasteiger partial charge in [-0.25, -0.2) is 4.79 Å². The first-order chi connectivity index (χ1) is 16.9. The summed E-state index contributed by atoms with van der Waals surface area (Å²) in [5.74, 6) is 0.0888. The molecule has 1 aromatic heterocycles. The number of fused-ring (bicyclic) bond motifs is 1. The molecule has 7 nitrogen and oxygen atoms in total. The van der Waals surface area contributed by atoms with Crippen molar-refractivity contribution in [3.8, 4) is 5.75 Å². The van der Waals surface area contributed by atoms with E-state index in [1.54, 1.807) is 34.9 Å². The lowest BCUT2D eigenvalue weighted by molar-refractivity contribution is 0.313. The minimum Gasteiger partial charge on any atom is -0.508 e. The number of aromatic nitrogens is 2. The fraction of sp³-hybridized carbons (Fsp3) is 0.259. The molecule has 1 saturated heterocycles. The van der Waals surface area contributed by atoms with Crippen molar-refractivity contribution in [3.05, 3.63) is 104 Å². The zero-order valence-corrected chi connectivity index (χ0v) is 20.3. The Balaban J connectivity index is 1.76. The Morgan fingerprint density at radius 1 is 0.829 bits per heavy atom. The van der Waals surface area contributed by atoms with Crippen molar-refractivity contribution in [3.63, 3.8) is 0 Å². The van der Waals surface area contributed by atoms with E-state index in [1.165, 1.54) is 4.57 Å². The predicted octanol–water partition coefficient (Wildman–Crippen LogP) is 3.37. The summed E-state index contributed by atoms with van der Waals surface area (Å²) in [6.07, 6.45) is 0. The summed E-state index contributed by atoms with van der Waals surface area (Å²) in [5.41, 5.74) is 2.11. The Morgan fingerprint density at radius 3 is 2.23 bits per heavy atom. The second-order valence-electron chi connectivity index (χ2n) is 9.02. The topological polar surface area (TPSA) is 70.7 Å². The van der Waals surface area contributed by atoms with E-state index in [0.717, 1.165) is 37.4 Å². The van der Waals surface area contributed by atoms with Gasteiger partial charge in [-0.2, -0.15) is 0 Å². The van der Waals surface area contributed by atoms with Crippen molar-refractivity contribution < 1.29 is 5.11 Å². The van der Waals surface area contributed by atoms with Gasteiger partial charge in [-0.05, 0) is 42.4 Å². The van der Waals surface area contributed by atoms with Gasteiger partial charge < -0.3 is 14.9 Å². The number of nitrogens with zero attached hydrogens (tertiary/aromatic N) is 4. The number of halogens is 1. The van der Waals surface area contributed by atoms with Crippen LogP contribution in [0.5, 0.6) is 5.75 Å². The maximum atomic E-state index is 13.9. The molecular formula is C27H27ClN4O3. The number of rotatable bonds is 5. The van der Waals surface area contributed by atoms with Crippen LogP contribution in [-0.2, 0) is 13.1 Å². The summed E-state index contributed by atoms with van der Waals surface area (Å²) in [4.78, 5) is 32.0. The van der Waals surface area contributed by atoms with Crippen LogP contribution in [0.1, 0.15) is 11.1 Å². The summed E-state index contributed by atoms with van der Waals surface area (Å²) in [6, 6.07) is 19.8. The predicted molar refractivity (Wildman–Crippen MR) is 140 cm³/mol. The maximum Gasteiger partial charge on any atom is 0.332 e. The lowest BCUT2D eigenvalue weighted by Gasteiger charge is -2.34. The maximum absolute atomic E-state index is 13.9. The first kappa shape index (κ1) is 23.2. The second kappa shape index (κ2) is 9.60. The lowest BCUT2D eigenvalue weighted by Crippen LogP contribution is -2.46. The third-order valence-corrected chi connectivity index (χ3v) is 6.77. The van der Waals surface area contributed by atoms with Gasteiger partial charge in [0.25, 0.3) is 5.56 Å². The van der Waals surface area contributed by atoms with Crippen LogP contribution in [0.4, 0.5) is 5.69 Å². The summed E-state index contributed by atoms with van der Waals surface area (Å²) in [5, 5.41) is 10.9. The number of hydrogen-bond acceptors (Lipinski definition) is 5. The van der Waals surface area contributed by atoms with Crippen molar-refractivity contribution in [2.75, 3.05) is 38.1 Å². The molecular weight excluding hydrogens is 464 g/mol. The second-order valence-corrected chi connectivity index (χ2v) is 9.46. The highest BCUT2D eigenvalue weighted by Gasteiger charge is 2.23. The Morgan fingerprint density at radius 2 is 1.51 bits per heavy atom. The van der Waals surface area contributed by atoms with E-state index in [4.69, 9.17) is 11.6 Å². The van der Waals surface area contributed by atoms with Crippen molar-refractivity contribution in [2.45, 2.75) is 13.1 Å². The number of likely N-dealkylation sites (N-methyl/N-ethyl adjacent to an activating group) is 1. The monoisotopic (exact) mass is 490 g/mol. The van der Waals surface area contributed by atoms with Crippen molar-refractivity contribution in [1.82, 2.24) is 14.0 Å². The number of phenolic OH excluding ortho intramolecular Hbond substituents is 1. The Kier molecular flexibility index (Phi) is 6.36. The van der Waals surface area contributed by atoms with E-state index in [2.05, 4.69) is 16.8 Å². The average molecular weight is 491 g/mol. The smallest absolute Gasteiger partial charge is 0.332 e. The van der Waals surface area contributed by atoms with Gasteiger partial charge in [-0.1, -0.05) is 54.1 Å². The molecule has 1 fully saturated rings. The molecule has 5 rings (SSSR count). The molecule has 0 bridgehead atoms. The Hall–Kier alpha value is -3.55. The first-order valence-corrected chi connectivity index (χ1v) is 12.0. The molecule has 0 atom stereocenters. The van der Waals surface area contributed by atoms with Gasteiger partial charge in [0.1, 0.15) is 5.75 Å². The molecule has 3 aromatic carbocycles. The number of hydrogen-bond donors (Lipinski definition) is 1. The van der Waals surface area contributed by atoms with Crippen LogP contribution in [0.25, 0.3) is 10.9 Å². The molecule has 35 heavy (non-hydrogen) atoms. The lowest BCUT2D eigenvalue weighted by atomic mass is 10.1. The normalized spacial score (nSPS) is 14.5. The average Bonchev–Trinajstić information content (AvgIpc) is 2.85. The third kappa shape index (κ3) is 4.70. The molecule has 1 aliphatic heterocycles. The SMILES string of the molecule is CN1CCN(c2cc(Cl)cc3c2c(=O)n(Cc2cccc(O)c2)c(=O)n3Cc2ccccc2)CC1. The summed E-state index contributed by atoms with van der Waals surface area (Å²) in [7, 11) is 2.08. The minimum atomic E-state index is -0.415. The molecule has 0 aliphatic carbocycles. The highest BCUT2D eigenvalue weighted by atomic mass is 35.5. The molecule has 1 aliphatic rings. The van der Waals surface area contributed by atoms with Gasteiger partial charge in [0.15, 0.2) is 0 Å². The van der Waals surface area contributed by atoms with E-state index in [0.29, 0.717) is 28.0 Å². The molecule has 0 unspecified atom stereocenters. The van der Waals surface area contributed by atoms with Gasteiger partial charge in [-0.15, -0.1) is 0 Å². The van der Waals surface area contributed by atoms with Crippen molar-refractivity contribution >= 4 is 28.2 Å². The van der Waals surface area contributed by atoms with Gasteiger partial charge in [-0.3, -0.25) is 13.9 Å². The van der Waals surface area contributed by atoms with Gasteiger partial charge >= 0.3 is 5.69 Å². The van der Waals surface area contributed by atoms with Gasteiger partial charge in [0.2, 0.25) is 0 Å². The summed E-state index contributed by atoms with van der Waals surface area (Å²) < 4.78 is 2.88. The van der Waals surface area contributed by atoms with Crippen LogP contribution in [0.2, 0.25) is 5.02 Å². The van der Waals surface area contributed by atoms with Crippen LogP contribution in [0.15, 0.2) is 76.3 Å². The zero-order valence-electron chi connectivity index (χ0n) is 19.5. The highest BCUT2D eigenvalue weighted by molar-refractivity contribution is 6.31. The fourth-order valence-corrected chi connectivity index (χ4v) is 4.88. The summed E-state index contributed by atoms with van der Waals surface area (Å²) >= 11 is 6.55. The van der Waals surface area contributed by atoms with E-state index >= 15 is 0 Å².